The van der Waals surface area contributed by atoms with Crippen LogP contribution in [0.1, 0.15) is 17.4 Å². The smallest absolute Gasteiger partial charge is 0.153 e. The maximum atomic E-state index is 13.7. The van der Waals surface area contributed by atoms with Crippen molar-refractivity contribution < 1.29 is 4.39 Å². The van der Waals surface area contributed by atoms with Crippen molar-refractivity contribution in [2.75, 3.05) is 0 Å². The average molecular weight is 301 g/mol. The van der Waals surface area contributed by atoms with Crippen molar-refractivity contribution in [3.63, 3.8) is 0 Å². The van der Waals surface area contributed by atoms with Crippen molar-refractivity contribution in [1.82, 2.24) is 25.4 Å². The first-order valence-electron chi connectivity index (χ1n) is 4.76. The van der Waals surface area contributed by atoms with Crippen LogP contribution in [0.4, 0.5) is 4.39 Å². The van der Waals surface area contributed by atoms with Crippen LogP contribution >= 0.6 is 15.9 Å². The van der Waals surface area contributed by atoms with Crippen LogP contribution in [-0.4, -0.2) is 20.0 Å². The molecule has 2 aromatic rings. The van der Waals surface area contributed by atoms with Crippen LogP contribution in [0.15, 0.2) is 22.9 Å². The zero-order chi connectivity index (χ0) is 12.4. The van der Waals surface area contributed by atoms with Crippen LogP contribution in [0.3, 0.4) is 0 Å². The predicted molar refractivity (Wildman–Crippen MR) is 62.1 cm³/mol. The third-order valence-corrected chi connectivity index (χ3v) is 2.89. The lowest BCUT2D eigenvalue weighted by atomic mass is 10.1. The van der Waals surface area contributed by atoms with Crippen LogP contribution in [0.5, 0.6) is 0 Å². The van der Waals surface area contributed by atoms with E-state index in [9.17, 15) is 4.39 Å². The zero-order valence-corrected chi connectivity index (χ0v) is 10.5. The third kappa shape index (κ3) is 2.19. The molecule has 2 rings (SSSR count). The van der Waals surface area contributed by atoms with E-state index in [0.717, 1.165) is 0 Å². The molecule has 0 saturated heterocycles. The van der Waals surface area contributed by atoms with Gasteiger partial charge in [0.2, 0.25) is 0 Å². The summed E-state index contributed by atoms with van der Waals surface area (Å²) < 4.78 is 15.7. The van der Waals surface area contributed by atoms with E-state index in [4.69, 9.17) is 5.84 Å². The van der Waals surface area contributed by atoms with Gasteiger partial charge < -0.3 is 0 Å². The number of nitrogens with zero attached hydrogens (tertiary/aromatic N) is 4. The first kappa shape index (κ1) is 12.1. The summed E-state index contributed by atoms with van der Waals surface area (Å²) in [5, 5.41) is 7.64. The van der Waals surface area contributed by atoms with Crippen molar-refractivity contribution in [2.24, 2.45) is 12.9 Å². The SMILES string of the molecule is Cn1nnc(Br)c1C(NN)c1ncccc1F. The van der Waals surface area contributed by atoms with Gasteiger partial charge in [0.25, 0.3) is 0 Å². The first-order valence-corrected chi connectivity index (χ1v) is 5.56. The molecule has 1 unspecified atom stereocenters. The largest absolute Gasteiger partial charge is 0.270 e. The fourth-order valence-electron chi connectivity index (χ4n) is 1.54. The standard InChI is InChI=1S/C9H10BrFN6/c1-17-8(9(10)15-16-17)7(14-12)6-5(11)3-2-4-13-6/h2-4,7,14H,12H2,1H3. The number of hydrazine groups is 1. The Bertz CT molecular complexity index is 508. The molecule has 0 bridgehead atoms. The molecule has 0 saturated carbocycles. The molecule has 3 N–H and O–H groups in total. The van der Waals surface area contributed by atoms with E-state index in [1.807, 2.05) is 0 Å². The number of hydrogen-bond donors (Lipinski definition) is 2. The summed E-state index contributed by atoms with van der Waals surface area (Å²) in [7, 11) is 1.69. The molecule has 6 nitrogen and oxygen atoms in total. The Hall–Kier alpha value is -1.38. The number of hydrogen-bond acceptors (Lipinski definition) is 5. The lowest BCUT2D eigenvalue weighted by molar-refractivity contribution is 0.516. The van der Waals surface area contributed by atoms with Gasteiger partial charge in [0, 0.05) is 13.2 Å². The molecule has 8 heteroatoms. The Morgan fingerprint density at radius 3 is 2.88 bits per heavy atom. The van der Waals surface area contributed by atoms with Crippen molar-refractivity contribution in [3.05, 3.63) is 40.1 Å². The van der Waals surface area contributed by atoms with Crippen molar-refractivity contribution in [1.29, 1.82) is 0 Å². The van der Waals surface area contributed by atoms with Gasteiger partial charge in [0.1, 0.15) is 17.6 Å². The summed E-state index contributed by atoms with van der Waals surface area (Å²) in [5.41, 5.74) is 3.31. The second kappa shape index (κ2) is 4.86. The second-order valence-electron chi connectivity index (χ2n) is 3.36. The number of halogens is 2. The maximum absolute atomic E-state index is 13.7. The molecule has 0 amide bonds. The van der Waals surface area contributed by atoms with E-state index in [2.05, 4.69) is 36.7 Å². The van der Waals surface area contributed by atoms with Crippen LogP contribution in [0, 0.1) is 5.82 Å². The van der Waals surface area contributed by atoms with Gasteiger partial charge in [0.15, 0.2) is 4.60 Å². The summed E-state index contributed by atoms with van der Waals surface area (Å²) in [6, 6.07) is 2.22. The topological polar surface area (TPSA) is 81.7 Å². The van der Waals surface area contributed by atoms with Gasteiger partial charge in [-0.05, 0) is 28.1 Å². The van der Waals surface area contributed by atoms with E-state index in [1.54, 1.807) is 7.05 Å². The molecule has 0 radical (unpaired) electrons. The lowest BCUT2D eigenvalue weighted by Crippen LogP contribution is -2.32. The first-order chi connectivity index (χ1) is 8.15. The normalized spacial score (nSPS) is 12.7. The molecular weight excluding hydrogens is 291 g/mol. The van der Waals surface area contributed by atoms with E-state index in [0.29, 0.717) is 10.3 Å². The van der Waals surface area contributed by atoms with Gasteiger partial charge in [-0.3, -0.25) is 10.8 Å². The van der Waals surface area contributed by atoms with Gasteiger partial charge in [-0.25, -0.2) is 14.5 Å². The highest BCUT2D eigenvalue weighted by molar-refractivity contribution is 9.10. The Labute approximate surface area is 105 Å². The Morgan fingerprint density at radius 1 is 1.59 bits per heavy atom. The summed E-state index contributed by atoms with van der Waals surface area (Å²) in [5.74, 6) is 5.02. The van der Waals surface area contributed by atoms with Crippen LogP contribution < -0.4 is 11.3 Å². The highest BCUT2D eigenvalue weighted by atomic mass is 79.9. The summed E-state index contributed by atoms with van der Waals surface area (Å²) in [6.07, 6.45) is 1.50. The Morgan fingerprint density at radius 2 is 2.35 bits per heavy atom. The van der Waals surface area contributed by atoms with Crippen molar-refractivity contribution >= 4 is 15.9 Å². The Balaban J connectivity index is 2.52. The number of aryl methyl sites for hydroxylation is 1. The van der Waals surface area contributed by atoms with Crippen LogP contribution in [-0.2, 0) is 7.05 Å². The molecule has 0 fully saturated rings. The third-order valence-electron chi connectivity index (χ3n) is 2.33. The van der Waals surface area contributed by atoms with Crippen LogP contribution in [0.2, 0.25) is 0 Å². The van der Waals surface area contributed by atoms with Crippen LogP contribution in [0.25, 0.3) is 0 Å². The summed E-state index contributed by atoms with van der Waals surface area (Å²) in [4.78, 5) is 3.98. The second-order valence-corrected chi connectivity index (χ2v) is 4.11. The number of nitrogens with two attached hydrogens (primary N) is 1. The number of nitrogens with one attached hydrogen (secondary N) is 1. The Kier molecular flexibility index (Phi) is 3.46. The quantitative estimate of drug-likeness (QED) is 0.643. The van der Waals surface area contributed by atoms with Gasteiger partial charge >= 0.3 is 0 Å². The average Bonchev–Trinajstić information content (AvgIpc) is 2.64. The highest BCUT2D eigenvalue weighted by Gasteiger charge is 2.24. The van der Waals surface area contributed by atoms with Gasteiger partial charge in [-0.1, -0.05) is 5.21 Å². The van der Waals surface area contributed by atoms with E-state index in [1.165, 1.54) is 23.0 Å². The lowest BCUT2D eigenvalue weighted by Gasteiger charge is -2.15. The molecular formula is C9H10BrFN6. The predicted octanol–water partition coefficient (Wildman–Crippen LogP) is 0.664. The maximum Gasteiger partial charge on any atom is 0.153 e. The molecule has 2 aromatic heterocycles. The minimum absolute atomic E-state index is 0.195. The molecule has 1 atom stereocenters. The van der Waals surface area contributed by atoms with E-state index in [-0.39, 0.29) is 5.69 Å². The fraction of sp³-hybridized carbons (Fsp3) is 0.222. The number of rotatable bonds is 3. The number of aromatic nitrogens is 4. The number of pyridine rings is 1. The van der Waals surface area contributed by atoms with Crippen molar-refractivity contribution in [3.8, 4) is 0 Å². The molecule has 2 heterocycles. The molecule has 0 spiro atoms. The summed E-state index contributed by atoms with van der Waals surface area (Å²) >= 11 is 3.24. The molecule has 0 aromatic carbocycles. The molecule has 90 valence electrons. The molecule has 0 aliphatic rings. The van der Waals surface area contributed by atoms with E-state index < -0.39 is 11.9 Å². The highest BCUT2D eigenvalue weighted by Crippen LogP contribution is 2.25. The minimum atomic E-state index is -0.620. The van der Waals surface area contributed by atoms with Gasteiger partial charge in [-0.2, -0.15) is 0 Å². The molecule has 0 aliphatic carbocycles. The molecule has 17 heavy (non-hydrogen) atoms. The zero-order valence-electron chi connectivity index (χ0n) is 8.93. The monoisotopic (exact) mass is 300 g/mol. The van der Waals surface area contributed by atoms with E-state index >= 15 is 0 Å². The van der Waals surface area contributed by atoms with Gasteiger partial charge in [-0.15, -0.1) is 5.10 Å². The van der Waals surface area contributed by atoms with Crippen molar-refractivity contribution in [2.45, 2.75) is 6.04 Å². The molecule has 0 aliphatic heterocycles. The van der Waals surface area contributed by atoms with Gasteiger partial charge in [0.05, 0.1) is 5.69 Å². The fourth-order valence-corrected chi connectivity index (χ4v) is 2.10. The summed E-state index contributed by atoms with van der Waals surface area (Å²) in [6.45, 7) is 0. The minimum Gasteiger partial charge on any atom is -0.270 e.